The fourth-order valence-electron chi connectivity index (χ4n) is 1.58. The quantitative estimate of drug-likeness (QED) is 0.776. The summed E-state index contributed by atoms with van der Waals surface area (Å²) in [5.41, 5.74) is 2.43. The van der Waals surface area contributed by atoms with Gasteiger partial charge in [-0.3, -0.25) is 4.68 Å². The predicted molar refractivity (Wildman–Crippen MR) is 75.4 cm³/mol. The summed E-state index contributed by atoms with van der Waals surface area (Å²) in [6.07, 6.45) is 5.17. The molecular formula is C13H15IN2. The van der Waals surface area contributed by atoms with Crippen LogP contribution in [-0.2, 0) is 0 Å². The number of halogens is 1. The summed E-state index contributed by atoms with van der Waals surface area (Å²) in [5.74, 6) is 0. The second-order valence-electron chi connectivity index (χ2n) is 3.98. The van der Waals surface area contributed by atoms with E-state index in [9.17, 15) is 0 Å². The summed E-state index contributed by atoms with van der Waals surface area (Å²) < 4.78 is 3.29. The minimum Gasteiger partial charge on any atom is -0.269 e. The van der Waals surface area contributed by atoms with Crippen LogP contribution in [0.1, 0.15) is 26.3 Å². The van der Waals surface area contributed by atoms with Gasteiger partial charge < -0.3 is 0 Å². The van der Waals surface area contributed by atoms with E-state index in [1.165, 1.54) is 14.7 Å². The highest BCUT2D eigenvalue weighted by molar-refractivity contribution is 14.1. The normalized spacial score (nSPS) is 12.7. The van der Waals surface area contributed by atoms with Crippen molar-refractivity contribution >= 4 is 22.6 Å². The van der Waals surface area contributed by atoms with Crippen LogP contribution in [0.15, 0.2) is 36.7 Å². The maximum atomic E-state index is 4.41. The maximum Gasteiger partial charge on any atom is 0.0568 e. The molecule has 1 unspecified atom stereocenters. The molecule has 0 saturated heterocycles. The number of hydrogen-bond donors (Lipinski definition) is 0. The molecule has 0 amide bonds. The van der Waals surface area contributed by atoms with E-state index in [2.05, 4.69) is 72.0 Å². The van der Waals surface area contributed by atoms with Gasteiger partial charge in [0.25, 0.3) is 0 Å². The highest BCUT2D eigenvalue weighted by Gasteiger charge is 2.05. The van der Waals surface area contributed by atoms with Crippen molar-refractivity contribution in [2.45, 2.75) is 26.3 Å². The monoisotopic (exact) mass is 326 g/mol. The van der Waals surface area contributed by atoms with Gasteiger partial charge in [-0.15, -0.1) is 0 Å². The third kappa shape index (κ3) is 2.45. The second kappa shape index (κ2) is 4.99. The molecule has 1 atom stereocenters. The average Bonchev–Trinajstić information content (AvgIpc) is 2.77. The summed E-state index contributed by atoms with van der Waals surface area (Å²) in [6.45, 7) is 4.36. The minimum absolute atomic E-state index is 0.469. The van der Waals surface area contributed by atoms with Gasteiger partial charge in [0.2, 0.25) is 0 Å². The van der Waals surface area contributed by atoms with Crippen LogP contribution in [0.3, 0.4) is 0 Å². The Morgan fingerprint density at radius 2 is 2.19 bits per heavy atom. The first kappa shape index (κ1) is 11.6. The Hall–Kier alpha value is -0.840. The van der Waals surface area contributed by atoms with Crippen LogP contribution in [0.2, 0.25) is 0 Å². The molecule has 3 heteroatoms. The molecule has 0 saturated carbocycles. The number of nitrogens with zero attached hydrogens (tertiary/aromatic N) is 2. The highest BCUT2D eigenvalue weighted by atomic mass is 127. The van der Waals surface area contributed by atoms with Gasteiger partial charge in [-0.05, 0) is 53.6 Å². The Labute approximate surface area is 110 Å². The van der Waals surface area contributed by atoms with Crippen molar-refractivity contribution in [3.8, 4) is 11.1 Å². The van der Waals surface area contributed by atoms with Crippen LogP contribution in [0.25, 0.3) is 11.1 Å². The lowest BCUT2D eigenvalue weighted by Gasteiger charge is -2.07. The van der Waals surface area contributed by atoms with Crippen molar-refractivity contribution in [1.29, 1.82) is 0 Å². The zero-order valence-electron chi connectivity index (χ0n) is 9.52. The summed E-state index contributed by atoms with van der Waals surface area (Å²) >= 11 is 2.33. The number of rotatable bonds is 3. The van der Waals surface area contributed by atoms with E-state index in [0.717, 1.165) is 6.42 Å². The van der Waals surface area contributed by atoms with Crippen LogP contribution in [0.5, 0.6) is 0 Å². The number of aromatic nitrogens is 2. The van der Waals surface area contributed by atoms with E-state index >= 15 is 0 Å². The van der Waals surface area contributed by atoms with Crippen molar-refractivity contribution in [1.82, 2.24) is 9.78 Å². The Morgan fingerprint density at radius 1 is 1.38 bits per heavy atom. The van der Waals surface area contributed by atoms with Gasteiger partial charge in [0.05, 0.1) is 6.20 Å². The zero-order valence-corrected chi connectivity index (χ0v) is 11.7. The molecule has 2 rings (SSSR count). The van der Waals surface area contributed by atoms with Gasteiger partial charge in [-0.2, -0.15) is 5.10 Å². The first-order valence-corrected chi connectivity index (χ1v) is 6.58. The summed E-state index contributed by atoms with van der Waals surface area (Å²) in [7, 11) is 0. The van der Waals surface area contributed by atoms with Gasteiger partial charge >= 0.3 is 0 Å². The fourth-order valence-corrected chi connectivity index (χ4v) is 2.13. The van der Waals surface area contributed by atoms with Crippen molar-refractivity contribution in [3.05, 3.63) is 40.2 Å². The lowest BCUT2D eigenvalue weighted by Crippen LogP contribution is -2.03. The lowest BCUT2D eigenvalue weighted by atomic mass is 10.1. The van der Waals surface area contributed by atoms with E-state index in [1.807, 2.05) is 10.9 Å². The molecule has 2 nitrogen and oxygen atoms in total. The largest absolute Gasteiger partial charge is 0.269 e. The van der Waals surface area contributed by atoms with Crippen molar-refractivity contribution in [3.63, 3.8) is 0 Å². The molecule has 0 spiro atoms. The van der Waals surface area contributed by atoms with Crippen molar-refractivity contribution in [2.24, 2.45) is 0 Å². The van der Waals surface area contributed by atoms with Gasteiger partial charge in [0.1, 0.15) is 0 Å². The molecule has 0 aliphatic rings. The van der Waals surface area contributed by atoms with Crippen molar-refractivity contribution in [2.75, 3.05) is 0 Å². The standard InChI is InChI=1S/C13H15IN2/c1-3-10(2)16-9-12(8-15-16)11-5-4-6-13(14)7-11/h4-10H,3H2,1-2H3. The van der Waals surface area contributed by atoms with Crippen LogP contribution in [-0.4, -0.2) is 9.78 Å². The minimum atomic E-state index is 0.469. The van der Waals surface area contributed by atoms with Crippen LogP contribution in [0, 0.1) is 3.57 Å². The maximum absolute atomic E-state index is 4.41. The van der Waals surface area contributed by atoms with Gasteiger partial charge in [0.15, 0.2) is 0 Å². The Bertz CT molecular complexity index is 476. The Morgan fingerprint density at radius 3 is 2.88 bits per heavy atom. The molecule has 0 radical (unpaired) electrons. The van der Waals surface area contributed by atoms with Gasteiger partial charge in [-0.1, -0.05) is 19.1 Å². The predicted octanol–water partition coefficient (Wildman–Crippen LogP) is 4.13. The van der Waals surface area contributed by atoms with E-state index in [4.69, 9.17) is 0 Å². The van der Waals surface area contributed by atoms with Crippen molar-refractivity contribution < 1.29 is 0 Å². The zero-order chi connectivity index (χ0) is 11.5. The summed E-state index contributed by atoms with van der Waals surface area (Å²) in [5, 5.41) is 4.41. The average molecular weight is 326 g/mol. The topological polar surface area (TPSA) is 17.8 Å². The molecule has 0 N–H and O–H groups in total. The molecule has 1 aromatic carbocycles. The molecular weight excluding hydrogens is 311 g/mol. The number of benzene rings is 1. The van der Waals surface area contributed by atoms with Crippen LogP contribution < -0.4 is 0 Å². The highest BCUT2D eigenvalue weighted by Crippen LogP contribution is 2.22. The van der Waals surface area contributed by atoms with Crippen LogP contribution >= 0.6 is 22.6 Å². The first-order valence-electron chi connectivity index (χ1n) is 5.51. The van der Waals surface area contributed by atoms with E-state index in [-0.39, 0.29) is 0 Å². The van der Waals surface area contributed by atoms with Gasteiger partial charge in [0, 0.05) is 21.4 Å². The summed E-state index contributed by atoms with van der Waals surface area (Å²) in [4.78, 5) is 0. The molecule has 16 heavy (non-hydrogen) atoms. The molecule has 1 heterocycles. The molecule has 0 bridgehead atoms. The van der Waals surface area contributed by atoms with Gasteiger partial charge in [-0.25, -0.2) is 0 Å². The van der Waals surface area contributed by atoms with Crippen LogP contribution in [0.4, 0.5) is 0 Å². The molecule has 1 aromatic heterocycles. The molecule has 2 aromatic rings. The smallest absolute Gasteiger partial charge is 0.0568 e. The van der Waals surface area contributed by atoms with E-state index in [1.54, 1.807) is 0 Å². The third-order valence-corrected chi connectivity index (χ3v) is 3.47. The first-order chi connectivity index (χ1) is 7.70. The Balaban J connectivity index is 2.31. The lowest BCUT2D eigenvalue weighted by molar-refractivity contribution is 0.478. The molecule has 0 aliphatic heterocycles. The molecule has 0 fully saturated rings. The SMILES string of the molecule is CCC(C)n1cc(-c2cccc(I)c2)cn1. The van der Waals surface area contributed by atoms with E-state index in [0.29, 0.717) is 6.04 Å². The third-order valence-electron chi connectivity index (χ3n) is 2.80. The molecule has 84 valence electrons. The second-order valence-corrected chi connectivity index (χ2v) is 5.22. The summed E-state index contributed by atoms with van der Waals surface area (Å²) in [6, 6.07) is 8.95. The Kier molecular flexibility index (Phi) is 3.63. The number of hydrogen-bond acceptors (Lipinski definition) is 1. The fraction of sp³-hybridized carbons (Fsp3) is 0.308. The van der Waals surface area contributed by atoms with E-state index < -0.39 is 0 Å². The molecule has 0 aliphatic carbocycles.